The Bertz CT molecular complexity index is 1060. The van der Waals surface area contributed by atoms with Crippen LogP contribution in [-0.2, 0) is 12.8 Å². The number of aromatic nitrogens is 2. The molecule has 2 aromatic heterocycles. The van der Waals surface area contributed by atoms with E-state index in [9.17, 15) is 9.59 Å². The minimum atomic E-state index is -0.348. The fourth-order valence-electron chi connectivity index (χ4n) is 3.94. The first-order valence-corrected chi connectivity index (χ1v) is 11.7. The third-order valence-corrected chi connectivity index (χ3v) is 5.76. The summed E-state index contributed by atoms with van der Waals surface area (Å²) >= 11 is 0. The van der Waals surface area contributed by atoms with Gasteiger partial charge < -0.3 is 19.6 Å². The van der Waals surface area contributed by atoms with Crippen LogP contribution in [0.25, 0.3) is 0 Å². The molecule has 0 unspecified atom stereocenters. The summed E-state index contributed by atoms with van der Waals surface area (Å²) in [6, 6.07) is 11.0. The van der Waals surface area contributed by atoms with Crippen molar-refractivity contribution in [3.05, 3.63) is 65.5 Å². The number of aromatic amines is 1. The highest BCUT2D eigenvalue weighted by molar-refractivity contribution is 5.99. The van der Waals surface area contributed by atoms with Crippen molar-refractivity contribution in [2.24, 2.45) is 0 Å². The minimum Gasteiger partial charge on any atom is -0.455 e. The first-order valence-electron chi connectivity index (χ1n) is 11.7. The van der Waals surface area contributed by atoms with Gasteiger partial charge in [0.2, 0.25) is 0 Å². The number of benzene rings is 1. The van der Waals surface area contributed by atoms with Crippen molar-refractivity contribution in [2.45, 2.75) is 51.9 Å². The molecule has 8 heteroatoms. The number of urea groups is 1. The molecular formula is C25H31N5O3. The summed E-state index contributed by atoms with van der Waals surface area (Å²) in [6.45, 7) is 3.74. The number of furan rings is 1. The minimum absolute atomic E-state index is 0.0576. The van der Waals surface area contributed by atoms with Crippen LogP contribution in [0.5, 0.6) is 0 Å². The molecule has 0 aliphatic carbocycles. The van der Waals surface area contributed by atoms with Crippen molar-refractivity contribution >= 4 is 23.4 Å². The molecular weight excluding hydrogens is 418 g/mol. The fraction of sp³-hybridized carbons (Fsp3) is 0.400. The first kappa shape index (κ1) is 22.6. The molecule has 0 saturated carbocycles. The Hall–Kier alpha value is -3.55. The normalized spacial score (nSPS) is 13.7. The second-order valence-corrected chi connectivity index (χ2v) is 8.42. The molecule has 33 heavy (non-hydrogen) atoms. The molecule has 1 aliphatic rings. The largest absolute Gasteiger partial charge is 0.455 e. The molecule has 3 amide bonds. The van der Waals surface area contributed by atoms with Crippen molar-refractivity contribution in [1.29, 1.82) is 0 Å². The number of nitrogens with one attached hydrogen (secondary N) is 3. The molecule has 3 aromatic rings. The fourth-order valence-corrected chi connectivity index (χ4v) is 3.94. The Morgan fingerprint density at radius 3 is 2.61 bits per heavy atom. The summed E-state index contributed by atoms with van der Waals surface area (Å²) in [4.78, 5) is 34.1. The number of H-pyrrole nitrogens is 1. The Morgan fingerprint density at radius 1 is 1.06 bits per heavy atom. The molecule has 1 saturated heterocycles. The van der Waals surface area contributed by atoms with Crippen molar-refractivity contribution in [1.82, 2.24) is 14.9 Å². The lowest BCUT2D eigenvalue weighted by molar-refractivity contribution is 0.0690. The summed E-state index contributed by atoms with van der Waals surface area (Å²) in [7, 11) is 0. The van der Waals surface area contributed by atoms with Gasteiger partial charge in [0, 0.05) is 18.8 Å². The molecule has 1 aliphatic heterocycles. The van der Waals surface area contributed by atoms with Gasteiger partial charge in [0.05, 0.1) is 12.6 Å². The van der Waals surface area contributed by atoms with Crippen molar-refractivity contribution in [2.75, 3.05) is 23.7 Å². The van der Waals surface area contributed by atoms with Crippen LogP contribution in [0.15, 0.2) is 47.0 Å². The molecule has 1 fully saturated rings. The zero-order valence-electron chi connectivity index (χ0n) is 19.0. The summed E-state index contributed by atoms with van der Waals surface area (Å²) in [6.07, 6.45) is 8.57. The maximum Gasteiger partial charge on any atom is 0.324 e. The SMILES string of the molecule is CCCCc1ccc(NC(=O)Nc2cnc(Cc3ccc(C(=O)N4CCCCC4)o3)[nH]2)cc1. The summed E-state index contributed by atoms with van der Waals surface area (Å²) in [5.41, 5.74) is 1.99. The van der Waals surface area contributed by atoms with Crippen molar-refractivity contribution in [3.8, 4) is 0 Å². The summed E-state index contributed by atoms with van der Waals surface area (Å²) < 4.78 is 5.76. The highest BCUT2D eigenvalue weighted by atomic mass is 16.4. The van der Waals surface area contributed by atoms with Gasteiger partial charge in [-0.2, -0.15) is 0 Å². The molecule has 4 rings (SSSR count). The van der Waals surface area contributed by atoms with Gasteiger partial charge >= 0.3 is 6.03 Å². The Balaban J connectivity index is 1.28. The number of hydrogen-bond donors (Lipinski definition) is 3. The van der Waals surface area contributed by atoms with Gasteiger partial charge in [0.25, 0.3) is 5.91 Å². The average Bonchev–Trinajstić information content (AvgIpc) is 3.48. The number of imidazole rings is 1. The molecule has 0 atom stereocenters. The average molecular weight is 450 g/mol. The van der Waals surface area contributed by atoms with E-state index in [1.807, 2.05) is 29.2 Å². The van der Waals surface area contributed by atoms with Crippen LogP contribution < -0.4 is 10.6 Å². The third kappa shape index (κ3) is 6.25. The Labute approximate surface area is 193 Å². The van der Waals surface area contributed by atoms with Crippen molar-refractivity contribution in [3.63, 3.8) is 0 Å². The van der Waals surface area contributed by atoms with Crippen LogP contribution in [0.4, 0.5) is 16.3 Å². The number of aryl methyl sites for hydroxylation is 1. The molecule has 1 aromatic carbocycles. The Morgan fingerprint density at radius 2 is 1.85 bits per heavy atom. The lowest BCUT2D eigenvalue weighted by Gasteiger charge is -2.25. The number of carbonyl (C=O) groups excluding carboxylic acids is 2. The first-order chi connectivity index (χ1) is 16.1. The van der Waals surface area contributed by atoms with Crippen LogP contribution in [0.2, 0.25) is 0 Å². The van der Waals surface area contributed by atoms with E-state index >= 15 is 0 Å². The van der Waals surface area contributed by atoms with Gasteiger partial charge in [0.15, 0.2) is 5.76 Å². The maximum absolute atomic E-state index is 12.6. The number of carbonyl (C=O) groups is 2. The van der Waals surface area contributed by atoms with Gasteiger partial charge in [-0.25, -0.2) is 9.78 Å². The Kier molecular flexibility index (Phi) is 7.44. The van der Waals surface area contributed by atoms with Crippen LogP contribution in [0.3, 0.4) is 0 Å². The van der Waals surface area contributed by atoms with Crippen LogP contribution in [0, 0.1) is 0 Å². The number of hydrogen-bond acceptors (Lipinski definition) is 4. The van der Waals surface area contributed by atoms with Gasteiger partial charge in [-0.3, -0.25) is 10.1 Å². The highest BCUT2D eigenvalue weighted by Crippen LogP contribution is 2.18. The maximum atomic E-state index is 12.6. The smallest absolute Gasteiger partial charge is 0.324 e. The number of anilines is 2. The van der Waals surface area contributed by atoms with E-state index in [0.29, 0.717) is 29.6 Å². The van der Waals surface area contributed by atoms with E-state index in [0.717, 1.165) is 50.9 Å². The number of unbranched alkanes of at least 4 members (excludes halogenated alkanes) is 1. The lowest BCUT2D eigenvalue weighted by Crippen LogP contribution is -2.35. The van der Waals surface area contributed by atoms with E-state index < -0.39 is 0 Å². The van der Waals surface area contributed by atoms with E-state index in [1.54, 1.807) is 18.3 Å². The standard InChI is InChI=1S/C25H31N5O3/c1-2-3-7-18-8-10-19(11-9-18)27-25(32)29-23-17-26-22(28-23)16-20-12-13-21(33-20)24(31)30-14-5-4-6-15-30/h8-13,17H,2-7,14-16H2,1H3,(H,26,28)(H2,27,29,32). The quantitative estimate of drug-likeness (QED) is 0.439. The number of nitrogens with zero attached hydrogens (tertiary/aromatic N) is 2. The zero-order chi connectivity index (χ0) is 23.0. The number of amides is 3. The number of rotatable bonds is 8. The second-order valence-electron chi connectivity index (χ2n) is 8.42. The summed E-state index contributed by atoms with van der Waals surface area (Å²) in [5.74, 6) is 2.06. The molecule has 0 radical (unpaired) electrons. The van der Waals surface area contributed by atoms with Crippen LogP contribution >= 0.6 is 0 Å². The van der Waals surface area contributed by atoms with Gasteiger partial charge in [0.1, 0.15) is 17.4 Å². The number of piperidine rings is 1. The van der Waals surface area contributed by atoms with E-state index in [4.69, 9.17) is 4.42 Å². The topological polar surface area (TPSA) is 103 Å². The monoisotopic (exact) mass is 449 g/mol. The molecule has 3 N–H and O–H groups in total. The molecule has 3 heterocycles. The van der Waals surface area contributed by atoms with Crippen molar-refractivity contribution < 1.29 is 14.0 Å². The number of likely N-dealkylation sites (tertiary alicyclic amines) is 1. The second kappa shape index (κ2) is 10.8. The molecule has 0 spiro atoms. The molecule has 174 valence electrons. The van der Waals surface area contributed by atoms with Crippen LogP contribution in [-0.4, -0.2) is 39.9 Å². The van der Waals surface area contributed by atoms with Crippen LogP contribution in [0.1, 0.15) is 66.7 Å². The predicted molar refractivity (Wildman–Crippen MR) is 128 cm³/mol. The highest BCUT2D eigenvalue weighted by Gasteiger charge is 2.21. The van der Waals surface area contributed by atoms with E-state index in [2.05, 4.69) is 27.5 Å². The molecule has 8 nitrogen and oxygen atoms in total. The lowest BCUT2D eigenvalue weighted by atomic mass is 10.1. The van der Waals surface area contributed by atoms with Gasteiger partial charge in [-0.15, -0.1) is 0 Å². The van der Waals surface area contributed by atoms with Gasteiger partial charge in [-0.05, 0) is 61.9 Å². The van der Waals surface area contributed by atoms with E-state index in [-0.39, 0.29) is 11.9 Å². The third-order valence-electron chi connectivity index (χ3n) is 5.76. The molecule has 0 bridgehead atoms. The predicted octanol–water partition coefficient (Wildman–Crippen LogP) is 5.21. The zero-order valence-corrected chi connectivity index (χ0v) is 19.0. The summed E-state index contributed by atoms with van der Waals surface area (Å²) in [5, 5.41) is 5.57. The van der Waals surface area contributed by atoms with E-state index in [1.165, 1.54) is 12.0 Å². The van der Waals surface area contributed by atoms with Gasteiger partial charge in [-0.1, -0.05) is 25.5 Å².